The van der Waals surface area contributed by atoms with Crippen molar-refractivity contribution < 1.29 is 28.6 Å². The zero-order valence-electron chi connectivity index (χ0n) is 10.5. The number of ether oxygens (including phenoxy) is 2. The summed E-state index contributed by atoms with van der Waals surface area (Å²) >= 11 is 0. The average molecular weight is 271 g/mol. The number of carbonyl (C=O) groups is 2. The third kappa shape index (κ3) is 3.84. The predicted octanol–water partition coefficient (Wildman–Crippen LogP) is 0.856. The molecular formula is C12H14FNO5. The molecule has 0 saturated carbocycles. The Morgan fingerprint density at radius 1 is 1.26 bits per heavy atom. The molecule has 0 fully saturated rings. The van der Waals surface area contributed by atoms with E-state index >= 15 is 0 Å². The SMILES string of the molecule is COc1cc(OC)cc(C(=O)NC(CF)C(=O)O)c1. The van der Waals surface area contributed by atoms with Gasteiger partial charge in [0, 0.05) is 11.6 Å². The van der Waals surface area contributed by atoms with Gasteiger partial charge in [0.05, 0.1) is 14.2 Å². The Labute approximate surface area is 109 Å². The highest BCUT2D eigenvalue weighted by Crippen LogP contribution is 2.22. The molecule has 2 N–H and O–H groups in total. The van der Waals surface area contributed by atoms with Gasteiger partial charge in [-0.3, -0.25) is 4.79 Å². The molecule has 0 radical (unpaired) electrons. The van der Waals surface area contributed by atoms with E-state index in [0.717, 1.165) is 0 Å². The minimum Gasteiger partial charge on any atom is -0.497 e. The van der Waals surface area contributed by atoms with Gasteiger partial charge in [0.1, 0.15) is 18.2 Å². The van der Waals surface area contributed by atoms with Crippen molar-refractivity contribution in [2.45, 2.75) is 6.04 Å². The number of methoxy groups -OCH3 is 2. The van der Waals surface area contributed by atoms with E-state index in [1.165, 1.54) is 26.4 Å². The molecule has 0 aromatic heterocycles. The van der Waals surface area contributed by atoms with Gasteiger partial charge in [-0.15, -0.1) is 0 Å². The van der Waals surface area contributed by atoms with E-state index in [1.807, 2.05) is 0 Å². The largest absolute Gasteiger partial charge is 0.497 e. The summed E-state index contributed by atoms with van der Waals surface area (Å²) in [6.07, 6.45) is 0. The Balaban J connectivity index is 2.95. The molecule has 1 amide bonds. The standard InChI is InChI=1S/C12H14FNO5/c1-18-8-3-7(4-9(5-8)19-2)11(15)14-10(6-13)12(16)17/h3-5,10H,6H2,1-2H3,(H,14,15)(H,16,17). The number of rotatable bonds is 6. The third-order valence-electron chi connectivity index (χ3n) is 2.37. The van der Waals surface area contributed by atoms with E-state index in [1.54, 1.807) is 6.07 Å². The molecule has 1 aromatic carbocycles. The molecule has 1 aromatic rings. The molecule has 0 aliphatic carbocycles. The van der Waals surface area contributed by atoms with Gasteiger partial charge in [-0.25, -0.2) is 9.18 Å². The second-order valence-corrected chi connectivity index (χ2v) is 3.62. The summed E-state index contributed by atoms with van der Waals surface area (Å²) < 4.78 is 22.4. The number of carbonyl (C=O) groups excluding carboxylic acids is 1. The normalized spacial score (nSPS) is 11.5. The van der Waals surface area contributed by atoms with E-state index in [2.05, 4.69) is 5.32 Å². The number of alkyl halides is 1. The lowest BCUT2D eigenvalue weighted by molar-refractivity contribution is -0.139. The van der Waals surface area contributed by atoms with Crippen LogP contribution in [0.5, 0.6) is 11.5 Å². The Morgan fingerprint density at radius 2 is 1.79 bits per heavy atom. The molecule has 19 heavy (non-hydrogen) atoms. The van der Waals surface area contributed by atoms with Crippen LogP contribution in [0.3, 0.4) is 0 Å². The number of hydrogen-bond donors (Lipinski definition) is 2. The Morgan fingerprint density at radius 3 is 2.16 bits per heavy atom. The first-order valence-electron chi connectivity index (χ1n) is 5.34. The van der Waals surface area contributed by atoms with Crippen molar-refractivity contribution in [1.29, 1.82) is 0 Å². The highest BCUT2D eigenvalue weighted by atomic mass is 19.1. The fourth-order valence-corrected chi connectivity index (χ4v) is 1.35. The fraction of sp³-hybridized carbons (Fsp3) is 0.333. The van der Waals surface area contributed by atoms with Crippen LogP contribution in [0.25, 0.3) is 0 Å². The first-order chi connectivity index (χ1) is 9.01. The van der Waals surface area contributed by atoms with Crippen LogP contribution in [0.15, 0.2) is 18.2 Å². The van der Waals surface area contributed by atoms with Crippen molar-refractivity contribution >= 4 is 11.9 Å². The van der Waals surface area contributed by atoms with E-state index in [9.17, 15) is 14.0 Å². The molecular weight excluding hydrogens is 257 g/mol. The average Bonchev–Trinajstić information content (AvgIpc) is 2.43. The van der Waals surface area contributed by atoms with Crippen LogP contribution in [0.2, 0.25) is 0 Å². The van der Waals surface area contributed by atoms with Crippen molar-refractivity contribution in [3.05, 3.63) is 23.8 Å². The third-order valence-corrected chi connectivity index (χ3v) is 2.37. The minimum atomic E-state index is -1.58. The molecule has 0 spiro atoms. The maximum absolute atomic E-state index is 12.4. The van der Waals surface area contributed by atoms with Crippen LogP contribution in [-0.4, -0.2) is 43.9 Å². The summed E-state index contributed by atoms with van der Waals surface area (Å²) in [4.78, 5) is 22.4. The summed E-state index contributed by atoms with van der Waals surface area (Å²) in [7, 11) is 2.83. The highest BCUT2D eigenvalue weighted by Gasteiger charge is 2.21. The lowest BCUT2D eigenvalue weighted by Crippen LogP contribution is -2.42. The van der Waals surface area contributed by atoms with Crippen molar-refractivity contribution in [3.8, 4) is 11.5 Å². The smallest absolute Gasteiger partial charge is 0.328 e. The molecule has 0 saturated heterocycles. The number of halogens is 1. The monoisotopic (exact) mass is 271 g/mol. The van der Waals surface area contributed by atoms with Crippen LogP contribution in [0.4, 0.5) is 4.39 Å². The maximum Gasteiger partial charge on any atom is 0.328 e. The number of carboxylic acid groups (broad SMARTS) is 1. The molecule has 0 aliphatic heterocycles. The van der Waals surface area contributed by atoms with Gasteiger partial charge >= 0.3 is 5.97 Å². The molecule has 7 heteroatoms. The molecule has 0 bridgehead atoms. The van der Waals surface area contributed by atoms with Crippen LogP contribution in [0.1, 0.15) is 10.4 Å². The number of carboxylic acids is 1. The zero-order valence-corrected chi connectivity index (χ0v) is 10.5. The summed E-state index contributed by atoms with van der Waals surface area (Å²) in [5, 5.41) is 10.7. The first kappa shape index (κ1) is 14.7. The summed E-state index contributed by atoms with van der Waals surface area (Å²) in [5.74, 6) is -1.42. The number of aliphatic carboxylic acids is 1. The van der Waals surface area contributed by atoms with Crippen molar-refractivity contribution in [3.63, 3.8) is 0 Å². The Hall–Kier alpha value is -2.31. The molecule has 1 rings (SSSR count). The fourth-order valence-electron chi connectivity index (χ4n) is 1.35. The van der Waals surface area contributed by atoms with Crippen molar-refractivity contribution in [2.75, 3.05) is 20.9 Å². The van der Waals surface area contributed by atoms with Crippen LogP contribution in [0, 0.1) is 0 Å². The Kier molecular flexibility index (Phi) is 5.11. The van der Waals surface area contributed by atoms with E-state index in [-0.39, 0.29) is 5.56 Å². The van der Waals surface area contributed by atoms with Gasteiger partial charge in [0.25, 0.3) is 5.91 Å². The van der Waals surface area contributed by atoms with Crippen molar-refractivity contribution in [2.24, 2.45) is 0 Å². The highest BCUT2D eigenvalue weighted by molar-refractivity contribution is 5.97. The number of amides is 1. The second-order valence-electron chi connectivity index (χ2n) is 3.62. The van der Waals surface area contributed by atoms with Gasteiger partial charge in [-0.1, -0.05) is 0 Å². The number of nitrogens with one attached hydrogen (secondary N) is 1. The molecule has 1 atom stereocenters. The van der Waals surface area contributed by atoms with Crippen LogP contribution < -0.4 is 14.8 Å². The lowest BCUT2D eigenvalue weighted by atomic mass is 10.1. The molecule has 6 nitrogen and oxygen atoms in total. The topological polar surface area (TPSA) is 84.9 Å². The quantitative estimate of drug-likeness (QED) is 0.801. The van der Waals surface area contributed by atoms with Gasteiger partial charge in [-0.2, -0.15) is 0 Å². The van der Waals surface area contributed by atoms with Gasteiger partial charge in [-0.05, 0) is 12.1 Å². The molecule has 0 aliphatic rings. The molecule has 104 valence electrons. The number of hydrogen-bond acceptors (Lipinski definition) is 4. The van der Waals surface area contributed by atoms with Crippen LogP contribution >= 0.6 is 0 Å². The van der Waals surface area contributed by atoms with E-state index in [4.69, 9.17) is 14.6 Å². The summed E-state index contributed by atoms with van der Waals surface area (Å²) in [6, 6.07) is 2.77. The zero-order chi connectivity index (χ0) is 14.4. The van der Waals surface area contributed by atoms with Gasteiger partial charge in [0.15, 0.2) is 6.04 Å². The van der Waals surface area contributed by atoms with Crippen molar-refractivity contribution in [1.82, 2.24) is 5.32 Å². The summed E-state index contributed by atoms with van der Waals surface area (Å²) in [5.41, 5.74) is 0.121. The van der Waals surface area contributed by atoms with Crippen LogP contribution in [-0.2, 0) is 4.79 Å². The predicted molar refractivity (Wildman–Crippen MR) is 64.4 cm³/mol. The molecule has 0 heterocycles. The van der Waals surface area contributed by atoms with E-state index in [0.29, 0.717) is 11.5 Å². The van der Waals surface area contributed by atoms with Gasteiger partial charge < -0.3 is 19.9 Å². The number of benzene rings is 1. The maximum atomic E-state index is 12.4. The lowest BCUT2D eigenvalue weighted by Gasteiger charge is -2.12. The van der Waals surface area contributed by atoms with E-state index < -0.39 is 24.6 Å². The second kappa shape index (κ2) is 6.58. The molecule has 1 unspecified atom stereocenters. The Bertz CT molecular complexity index is 455. The van der Waals surface area contributed by atoms with Gasteiger partial charge in [0.2, 0.25) is 0 Å². The summed E-state index contributed by atoms with van der Waals surface area (Å²) in [6.45, 7) is -1.19. The first-order valence-corrected chi connectivity index (χ1v) is 5.34. The minimum absolute atomic E-state index is 0.121.